The van der Waals surface area contributed by atoms with Crippen LogP contribution in [0.4, 0.5) is 0 Å². The Hall–Kier alpha value is -0.380. The van der Waals surface area contributed by atoms with Gasteiger partial charge in [-0.25, -0.2) is 0 Å². The fourth-order valence-corrected chi connectivity index (χ4v) is 1.91. The SMILES string of the molecule is CSCCCOc1cccc(Cl)c1CN. The van der Waals surface area contributed by atoms with Crippen molar-refractivity contribution < 1.29 is 4.74 Å². The van der Waals surface area contributed by atoms with E-state index in [4.69, 9.17) is 22.1 Å². The summed E-state index contributed by atoms with van der Waals surface area (Å²) in [7, 11) is 0. The van der Waals surface area contributed by atoms with Crippen molar-refractivity contribution in [2.45, 2.75) is 13.0 Å². The predicted octanol–water partition coefficient (Wildman–Crippen LogP) is 2.93. The third-order valence-electron chi connectivity index (χ3n) is 2.03. The maximum atomic E-state index is 6.01. The van der Waals surface area contributed by atoms with E-state index in [0.29, 0.717) is 18.2 Å². The summed E-state index contributed by atoms with van der Waals surface area (Å²) in [5.74, 6) is 1.92. The van der Waals surface area contributed by atoms with Gasteiger partial charge in [0.1, 0.15) is 5.75 Å². The molecule has 0 aliphatic rings. The van der Waals surface area contributed by atoms with E-state index in [9.17, 15) is 0 Å². The Morgan fingerprint density at radius 2 is 2.27 bits per heavy atom. The highest BCUT2D eigenvalue weighted by molar-refractivity contribution is 7.98. The lowest BCUT2D eigenvalue weighted by molar-refractivity contribution is 0.315. The van der Waals surface area contributed by atoms with Gasteiger partial charge in [-0.1, -0.05) is 17.7 Å². The summed E-state index contributed by atoms with van der Waals surface area (Å²) in [6, 6.07) is 5.62. The maximum absolute atomic E-state index is 6.01. The molecule has 0 fully saturated rings. The number of rotatable bonds is 6. The second-order valence-corrected chi connectivity index (χ2v) is 4.51. The summed E-state index contributed by atoms with van der Waals surface area (Å²) in [6.45, 7) is 1.13. The van der Waals surface area contributed by atoms with Gasteiger partial charge < -0.3 is 10.5 Å². The van der Waals surface area contributed by atoms with Crippen LogP contribution in [0.1, 0.15) is 12.0 Å². The largest absolute Gasteiger partial charge is 0.493 e. The van der Waals surface area contributed by atoms with E-state index in [1.54, 1.807) is 0 Å². The van der Waals surface area contributed by atoms with E-state index in [1.165, 1.54) is 0 Å². The summed E-state index contributed by atoms with van der Waals surface area (Å²) in [5, 5.41) is 0.680. The second kappa shape index (κ2) is 6.99. The number of hydrogen-bond donors (Lipinski definition) is 1. The lowest BCUT2D eigenvalue weighted by Gasteiger charge is -2.11. The van der Waals surface area contributed by atoms with Crippen molar-refractivity contribution in [1.82, 2.24) is 0 Å². The molecule has 0 saturated heterocycles. The first-order valence-corrected chi connectivity index (χ1v) is 6.66. The first kappa shape index (κ1) is 12.7. The van der Waals surface area contributed by atoms with Crippen molar-refractivity contribution in [2.24, 2.45) is 5.73 Å². The molecule has 0 aliphatic carbocycles. The molecule has 0 unspecified atom stereocenters. The van der Waals surface area contributed by atoms with Gasteiger partial charge in [-0.2, -0.15) is 11.8 Å². The van der Waals surface area contributed by atoms with Gasteiger partial charge in [0.05, 0.1) is 6.61 Å². The average Bonchev–Trinajstić information content (AvgIpc) is 2.24. The zero-order valence-electron chi connectivity index (χ0n) is 8.83. The highest BCUT2D eigenvalue weighted by Crippen LogP contribution is 2.25. The van der Waals surface area contributed by atoms with Gasteiger partial charge in [0.25, 0.3) is 0 Å². The summed E-state index contributed by atoms with van der Waals surface area (Å²) < 4.78 is 5.63. The van der Waals surface area contributed by atoms with Crippen LogP contribution in [-0.2, 0) is 6.54 Å². The molecular formula is C11H16ClNOS. The number of hydrogen-bond acceptors (Lipinski definition) is 3. The van der Waals surface area contributed by atoms with E-state index in [-0.39, 0.29) is 0 Å². The van der Waals surface area contributed by atoms with E-state index in [0.717, 1.165) is 23.5 Å². The number of thioether (sulfide) groups is 1. The first-order valence-electron chi connectivity index (χ1n) is 4.88. The summed E-state index contributed by atoms with van der Waals surface area (Å²) >= 11 is 7.82. The van der Waals surface area contributed by atoms with Gasteiger partial charge in [-0.05, 0) is 30.6 Å². The maximum Gasteiger partial charge on any atom is 0.125 e. The van der Waals surface area contributed by atoms with Crippen LogP contribution in [0.25, 0.3) is 0 Å². The monoisotopic (exact) mass is 245 g/mol. The Morgan fingerprint density at radius 1 is 1.47 bits per heavy atom. The molecule has 0 heterocycles. The third-order valence-corrected chi connectivity index (χ3v) is 3.08. The zero-order valence-corrected chi connectivity index (χ0v) is 10.4. The fraction of sp³-hybridized carbons (Fsp3) is 0.455. The van der Waals surface area contributed by atoms with Crippen LogP contribution in [0, 0.1) is 0 Å². The van der Waals surface area contributed by atoms with E-state index in [1.807, 2.05) is 30.0 Å². The molecule has 0 aromatic heterocycles. The van der Waals surface area contributed by atoms with Gasteiger partial charge in [-0.3, -0.25) is 0 Å². The van der Waals surface area contributed by atoms with E-state index in [2.05, 4.69) is 6.26 Å². The van der Waals surface area contributed by atoms with Gasteiger partial charge >= 0.3 is 0 Å². The molecule has 4 heteroatoms. The van der Waals surface area contributed by atoms with Crippen molar-refractivity contribution in [1.29, 1.82) is 0 Å². The molecule has 0 bridgehead atoms. The molecular weight excluding hydrogens is 230 g/mol. The number of benzene rings is 1. The minimum atomic E-state index is 0.414. The highest BCUT2D eigenvalue weighted by Gasteiger charge is 2.05. The molecule has 0 spiro atoms. The van der Waals surface area contributed by atoms with Crippen molar-refractivity contribution in [2.75, 3.05) is 18.6 Å². The van der Waals surface area contributed by atoms with E-state index < -0.39 is 0 Å². The van der Waals surface area contributed by atoms with Gasteiger partial charge in [0.15, 0.2) is 0 Å². The van der Waals surface area contributed by atoms with Crippen LogP contribution in [0.2, 0.25) is 5.02 Å². The van der Waals surface area contributed by atoms with Crippen LogP contribution in [-0.4, -0.2) is 18.6 Å². The molecule has 1 rings (SSSR count). The molecule has 2 nitrogen and oxygen atoms in total. The molecule has 84 valence electrons. The van der Waals surface area contributed by atoms with Gasteiger partial charge in [0, 0.05) is 17.1 Å². The second-order valence-electron chi connectivity index (χ2n) is 3.12. The summed E-state index contributed by atoms with van der Waals surface area (Å²) in [5.41, 5.74) is 6.51. The van der Waals surface area contributed by atoms with Crippen molar-refractivity contribution in [3.63, 3.8) is 0 Å². The lowest BCUT2D eigenvalue weighted by atomic mass is 10.2. The summed E-state index contributed by atoms with van der Waals surface area (Å²) in [6.07, 6.45) is 3.13. The van der Waals surface area contributed by atoms with Gasteiger partial charge in [-0.15, -0.1) is 0 Å². The molecule has 0 radical (unpaired) electrons. The molecule has 15 heavy (non-hydrogen) atoms. The van der Waals surface area contributed by atoms with Crippen molar-refractivity contribution in [3.05, 3.63) is 28.8 Å². The van der Waals surface area contributed by atoms with E-state index >= 15 is 0 Å². The Balaban J connectivity index is 2.56. The normalized spacial score (nSPS) is 10.3. The van der Waals surface area contributed by atoms with Crippen molar-refractivity contribution >= 4 is 23.4 Å². The number of nitrogens with two attached hydrogens (primary N) is 1. The lowest BCUT2D eigenvalue weighted by Crippen LogP contribution is -2.05. The number of halogens is 1. The van der Waals surface area contributed by atoms with Crippen LogP contribution in [0.3, 0.4) is 0 Å². The molecule has 0 saturated carbocycles. The molecule has 0 aliphatic heterocycles. The zero-order chi connectivity index (χ0) is 11.1. The van der Waals surface area contributed by atoms with Crippen LogP contribution in [0.15, 0.2) is 18.2 Å². The number of ether oxygens (including phenoxy) is 1. The Kier molecular flexibility index (Phi) is 5.91. The minimum absolute atomic E-state index is 0.414. The molecule has 1 aromatic rings. The average molecular weight is 246 g/mol. The summed E-state index contributed by atoms with van der Waals surface area (Å²) in [4.78, 5) is 0. The first-order chi connectivity index (χ1) is 7.29. The molecule has 1 aromatic carbocycles. The topological polar surface area (TPSA) is 35.2 Å². The minimum Gasteiger partial charge on any atom is -0.493 e. The highest BCUT2D eigenvalue weighted by atomic mass is 35.5. The molecule has 0 atom stereocenters. The Labute approximate surface area is 100 Å². The smallest absolute Gasteiger partial charge is 0.125 e. The Bertz CT molecular complexity index is 307. The van der Waals surface area contributed by atoms with Crippen molar-refractivity contribution in [3.8, 4) is 5.75 Å². The predicted molar refractivity (Wildman–Crippen MR) is 67.8 cm³/mol. The Morgan fingerprint density at radius 3 is 2.93 bits per heavy atom. The van der Waals surface area contributed by atoms with Crippen LogP contribution in [0.5, 0.6) is 5.75 Å². The molecule has 2 N–H and O–H groups in total. The van der Waals surface area contributed by atoms with Crippen LogP contribution < -0.4 is 10.5 Å². The van der Waals surface area contributed by atoms with Crippen LogP contribution >= 0.6 is 23.4 Å². The third kappa shape index (κ3) is 3.93. The molecule has 0 amide bonds. The fourth-order valence-electron chi connectivity index (χ4n) is 1.26. The van der Waals surface area contributed by atoms with Gasteiger partial charge in [0.2, 0.25) is 0 Å². The quantitative estimate of drug-likeness (QED) is 0.783. The standard InChI is InChI=1S/C11H16ClNOS/c1-15-7-3-6-14-11-5-2-4-10(12)9(11)8-13/h2,4-5H,3,6-8,13H2,1H3.